The number of nitrogens with zero attached hydrogens (tertiary/aromatic N) is 2. The lowest BCUT2D eigenvalue weighted by Crippen LogP contribution is -2.06. The van der Waals surface area contributed by atoms with Crippen LogP contribution in [0.15, 0.2) is 17.0 Å². The first-order valence-electron chi connectivity index (χ1n) is 5.28. The fourth-order valence-corrected chi connectivity index (χ4v) is 2.82. The van der Waals surface area contributed by atoms with Crippen molar-refractivity contribution in [1.29, 1.82) is 0 Å². The molecule has 0 atom stereocenters. The minimum Gasteiger partial charge on any atom is -0.369 e. The fourth-order valence-electron chi connectivity index (χ4n) is 1.56. The zero-order valence-corrected chi connectivity index (χ0v) is 10.9. The number of nitrogens with one attached hydrogen (secondary N) is 1. The lowest BCUT2D eigenvalue weighted by Gasteiger charge is -2.09. The van der Waals surface area contributed by atoms with Gasteiger partial charge in [0.25, 0.3) is 0 Å². The van der Waals surface area contributed by atoms with Crippen LogP contribution in [0.4, 0.5) is 5.82 Å². The van der Waals surface area contributed by atoms with Crippen LogP contribution in [0, 0.1) is 12.3 Å². The number of halogens is 1. The van der Waals surface area contributed by atoms with E-state index in [0.717, 1.165) is 40.6 Å². The molecule has 0 radical (unpaired) electrons. The van der Waals surface area contributed by atoms with Gasteiger partial charge in [0.05, 0.1) is 10.6 Å². The van der Waals surface area contributed by atoms with Crippen molar-refractivity contribution in [2.24, 2.45) is 0 Å². The van der Waals surface area contributed by atoms with Crippen molar-refractivity contribution in [2.45, 2.75) is 17.7 Å². The monoisotopic (exact) mass is 265 g/mol. The number of aromatic nitrogens is 2. The van der Waals surface area contributed by atoms with Crippen molar-refractivity contribution in [1.82, 2.24) is 9.97 Å². The van der Waals surface area contributed by atoms with Gasteiger partial charge >= 0.3 is 0 Å². The maximum absolute atomic E-state index is 5.88. The highest BCUT2D eigenvalue weighted by atomic mass is 35.5. The van der Waals surface area contributed by atoms with E-state index in [1.54, 1.807) is 11.8 Å². The summed E-state index contributed by atoms with van der Waals surface area (Å²) in [6, 6.07) is 0. The van der Waals surface area contributed by atoms with Gasteiger partial charge in [0.2, 0.25) is 5.28 Å². The van der Waals surface area contributed by atoms with Gasteiger partial charge in [-0.3, -0.25) is 0 Å². The van der Waals surface area contributed by atoms with Crippen LogP contribution >= 0.6 is 23.4 Å². The van der Waals surface area contributed by atoms with Gasteiger partial charge in [0, 0.05) is 18.7 Å². The molecule has 0 saturated heterocycles. The quantitative estimate of drug-likeness (QED) is 0.671. The first-order chi connectivity index (χ1) is 8.20. The molecule has 5 heteroatoms. The second kappa shape index (κ2) is 5.44. The second-order valence-corrected chi connectivity index (χ2v) is 5.08. The zero-order valence-electron chi connectivity index (χ0n) is 9.29. The number of terminal acetylenes is 1. The van der Waals surface area contributed by atoms with Crippen LogP contribution in [0.25, 0.3) is 0 Å². The predicted octanol–water partition coefficient (Wildman–Crippen LogP) is 2.77. The van der Waals surface area contributed by atoms with Gasteiger partial charge in [0.1, 0.15) is 5.82 Å². The van der Waals surface area contributed by atoms with Crippen LogP contribution in [0.3, 0.4) is 0 Å². The summed E-state index contributed by atoms with van der Waals surface area (Å²) in [7, 11) is 0. The topological polar surface area (TPSA) is 37.8 Å². The lowest BCUT2D eigenvalue weighted by atomic mass is 10.2. The first-order valence-corrected chi connectivity index (χ1v) is 6.64. The average molecular weight is 266 g/mol. The molecule has 1 aliphatic heterocycles. The Kier molecular flexibility index (Phi) is 3.93. The van der Waals surface area contributed by atoms with E-state index in [1.165, 1.54) is 0 Å². The van der Waals surface area contributed by atoms with Gasteiger partial charge in [0.15, 0.2) is 0 Å². The van der Waals surface area contributed by atoms with Crippen molar-refractivity contribution >= 4 is 29.2 Å². The standard InChI is InChI=1S/C12H12ClN3S/c1-3-8(2)4-6-14-11-10-9(5-7-17-10)15-12(13)16-11/h1H,2,4-7H2,(H,14,15,16). The summed E-state index contributed by atoms with van der Waals surface area (Å²) >= 11 is 7.63. The van der Waals surface area contributed by atoms with E-state index in [9.17, 15) is 0 Å². The molecule has 0 unspecified atom stereocenters. The Hall–Kier alpha value is -1.18. The van der Waals surface area contributed by atoms with E-state index in [-0.39, 0.29) is 0 Å². The number of thioether (sulfide) groups is 1. The molecular weight excluding hydrogens is 254 g/mol. The molecule has 3 nitrogen and oxygen atoms in total. The van der Waals surface area contributed by atoms with Crippen molar-refractivity contribution in [2.75, 3.05) is 17.6 Å². The van der Waals surface area contributed by atoms with Crippen molar-refractivity contribution in [3.8, 4) is 12.3 Å². The molecule has 2 heterocycles. The number of hydrogen-bond acceptors (Lipinski definition) is 4. The number of hydrogen-bond donors (Lipinski definition) is 1. The average Bonchev–Trinajstić information content (AvgIpc) is 2.76. The second-order valence-electron chi connectivity index (χ2n) is 3.64. The first kappa shape index (κ1) is 12.3. The van der Waals surface area contributed by atoms with Crippen LogP contribution in [-0.2, 0) is 6.42 Å². The molecule has 0 fully saturated rings. The highest BCUT2D eigenvalue weighted by Gasteiger charge is 2.19. The van der Waals surface area contributed by atoms with E-state index >= 15 is 0 Å². The number of aryl methyl sites for hydroxylation is 1. The summed E-state index contributed by atoms with van der Waals surface area (Å²) < 4.78 is 0. The summed E-state index contributed by atoms with van der Waals surface area (Å²) in [4.78, 5) is 9.54. The Morgan fingerprint density at radius 3 is 3.18 bits per heavy atom. The van der Waals surface area contributed by atoms with Gasteiger partial charge in [-0.2, -0.15) is 4.98 Å². The van der Waals surface area contributed by atoms with Crippen LogP contribution < -0.4 is 5.32 Å². The van der Waals surface area contributed by atoms with Gasteiger partial charge in [-0.1, -0.05) is 12.5 Å². The smallest absolute Gasteiger partial charge is 0.224 e. The third kappa shape index (κ3) is 2.93. The minimum absolute atomic E-state index is 0.296. The summed E-state index contributed by atoms with van der Waals surface area (Å²) in [5.74, 6) is 4.37. The van der Waals surface area contributed by atoms with Gasteiger partial charge in [-0.25, -0.2) is 4.98 Å². The molecule has 0 bridgehead atoms. The van der Waals surface area contributed by atoms with E-state index in [1.807, 2.05) is 0 Å². The number of fused-ring (bicyclic) bond motifs is 1. The molecule has 0 saturated carbocycles. The summed E-state index contributed by atoms with van der Waals surface area (Å²) in [6.07, 6.45) is 6.92. The normalized spacial score (nSPS) is 12.9. The van der Waals surface area contributed by atoms with Gasteiger partial charge in [-0.15, -0.1) is 18.2 Å². The molecule has 17 heavy (non-hydrogen) atoms. The molecule has 1 aliphatic rings. The highest BCUT2D eigenvalue weighted by molar-refractivity contribution is 7.99. The maximum Gasteiger partial charge on any atom is 0.224 e. The van der Waals surface area contributed by atoms with Crippen LogP contribution in [-0.4, -0.2) is 22.3 Å². The summed E-state index contributed by atoms with van der Waals surface area (Å²) in [5.41, 5.74) is 1.82. The van der Waals surface area contributed by atoms with Crippen LogP contribution in [0.5, 0.6) is 0 Å². The Balaban J connectivity index is 2.06. The number of rotatable bonds is 4. The zero-order chi connectivity index (χ0) is 12.3. The van der Waals surface area contributed by atoms with Crippen LogP contribution in [0.1, 0.15) is 12.1 Å². The molecular formula is C12H12ClN3S. The molecule has 1 aromatic heterocycles. The minimum atomic E-state index is 0.296. The molecule has 0 spiro atoms. The SMILES string of the molecule is C#CC(=C)CCNc1nc(Cl)nc2c1SCC2. The predicted molar refractivity (Wildman–Crippen MR) is 72.5 cm³/mol. The fraction of sp³-hybridized carbons (Fsp3) is 0.333. The van der Waals surface area contributed by atoms with Gasteiger partial charge < -0.3 is 5.32 Å². The Labute approximate surface area is 110 Å². The van der Waals surface area contributed by atoms with Crippen molar-refractivity contribution < 1.29 is 0 Å². The lowest BCUT2D eigenvalue weighted by molar-refractivity contribution is 0.949. The molecule has 0 amide bonds. The number of anilines is 1. The summed E-state index contributed by atoms with van der Waals surface area (Å²) in [6.45, 7) is 4.47. The molecule has 1 N–H and O–H groups in total. The largest absolute Gasteiger partial charge is 0.369 e. The molecule has 88 valence electrons. The molecule has 0 aromatic carbocycles. The molecule has 0 aliphatic carbocycles. The Morgan fingerprint density at radius 1 is 1.59 bits per heavy atom. The van der Waals surface area contributed by atoms with Gasteiger partial charge in [-0.05, 0) is 23.6 Å². The van der Waals surface area contributed by atoms with Crippen molar-refractivity contribution in [3.63, 3.8) is 0 Å². The van der Waals surface area contributed by atoms with Crippen molar-refractivity contribution in [3.05, 3.63) is 23.1 Å². The Morgan fingerprint density at radius 2 is 2.41 bits per heavy atom. The third-order valence-corrected chi connectivity index (χ3v) is 3.71. The summed E-state index contributed by atoms with van der Waals surface area (Å²) in [5, 5.41) is 3.53. The van der Waals surface area contributed by atoms with E-state index < -0.39 is 0 Å². The molecule has 1 aromatic rings. The van der Waals surface area contributed by atoms with E-state index in [0.29, 0.717) is 11.8 Å². The highest BCUT2D eigenvalue weighted by Crippen LogP contribution is 2.35. The maximum atomic E-state index is 5.88. The Bertz CT molecular complexity index is 493. The molecule has 2 rings (SSSR count). The van der Waals surface area contributed by atoms with E-state index in [2.05, 4.69) is 27.8 Å². The van der Waals surface area contributed by atoms with Crippen LogP contribution in [0.2, 0.25) is 5.28 Å². The third-order valence-electron chi connectivity index (χ3n) is 2.42. The van der Waals surface area contributed by atoms with E-state index in [4.69, 9.17) is 18.0 Å².